The van der Waals surface area contributed by atoms with Crippen LogP contribution in [-0.4, -0.2) is 80.0 Å². The standard InChI is InChI=1S/C40H43N5O9S/c1-17-7-21-10-39(13-41)14-43-30(27(21)32(47)33(17)50-6)31-37-29-28(36-35(52-16-53-36)19(3)34(29)54-20(4)46)25(45(31)39)12-51-38(48)40(15-55-37)23-9-26(49-5)24(42)8-22(23)18(2)11-44-40/h7-9,18,25,30-31,37,43-44,47H,10-12,14-16,42H2,1-6H3/t18-,25-,30+,31+,37+,39+,40+/m0/s1. The van der Waals surface area contributed by atoms with Crippen LogP contribution < -0.4 is 40.1 Å². The minimum Gasteiger partial charge on any atom is -0.504 e. The van der Waals surface area contributed by atoms with Crippen molar-refractivity contribution in [3.8, 4) is 40.6 Å². The second-order valence-corrected chi connectivity index (χ2v) is 16.5. The number of nitrogen functional groups attached to an aromatic ring is 1. The lowest BCUT2D eigenvalue weighted by molar-refractivity contribution is -0.156. The number of thioether (sulfide) groups is 1. The summed E-state index contributed by atoms with van der Waals surface area (Å²) in [6, 6.07) is 6.55. The summed E-state index contributed by atoms with van der Waals surface area (Å²) in [5.74, 6) is 1.28. The van der Waals surface area contributed by atoms with Crippen LogP contribution in [0, 0.1) is 25.2 Å². The van der Waals surface area contributed by atoms with E-state index in [9.17, 15) is 20.0 Å². The van der Waals surface area contributed by atoms with E-state index in [0.717, 1.165) is 16.7 Å². The van der Waals surface area contributed by atoms with Crippen LogP contribution >= 0.6 is 11.8 Å². The quantitative estimate of drug-likeness (QED) is 0.170. The maximum atomic E-state index is 14.9. The predicted molar refractivity (Wildman–Crippen MR) is 201 cm³/mol. The van der Waals surface area contributed by atoms with Crippen LogP contribution in [0.5, 0.6) is 34.5 Å². The fourth-order valence-corrected chi connectivity index (χ4v) is 11.8. The number of carbonyl (C=O) groups is 2. The Morgan fingerprint density at radius 3 is 2.62 bits per heavy atom. The molecule has 4 bridgehead atoms. The van der Waals surface area contributed by atoms with E-state index in [1.807, 2.05) is 32.0 Å². The summed E-state index contributed by atoms with van der Waals surface area (Å²) in [5, 5.41) is 30.0. The number of phenolic OH excluding ortho intramolecular Hbond substituents is 1. The largest absolute Gasteiger partial charge is 0.504 e. The number of nitrogens with zero attached hydrogens (tertiary/aromatic N) is 2. The Hall–Kier alpha value is -4.88. The molecule has 11 rings (SSSR count). The van der Waals surface area contributed by atoms with E-state index in [2.05, 4.69) is 28.5 Å². The van der Waals surface area contributed by atoms with Crippen molar-refractivity contribution in [2.45, 2.75) is 74.5 Å². The number of hydrogen-bond acceptors (Lipinski definition) is 15. The van der Waals surface area contributed by atoms with E-state index in [-0.39, 0.29) is 43.8 Å². The van der Waals surface area contributed by atoms with Gasteiger partial charge in [-0.15, -0.1) is 11.8 Å². The average Bonchev–Trinajstić information content (AvgIpc) is 3.55. The minimum absolute atomic E-state index is 0.00954. The van der Waals surface area contributed by atoms with E-state index in [1.165, 1.54) is 25.8 Å². The van der Waals surface area contributed by atoms with Crippen LogP contribution in [0.25, 0.3) is 0 Å². The first kappa shape index (κ1) is 35.8. The van der Waals surface area contributed by atoms with E-state index < -0.39 is 46.4 Å². The molecule has 55 heavy (non-hydrogen) atoms. The van der Waals surface area contributed by atoms with Crippen LogP contribution in [0.1, 0.15) is 81.6 Å². The van der Waals surface area contributed by atoms with Crippen molar-refractivity contribution in [3.63, 3.8) is 0 Å². The normalized spacial score (nSPS) is 30.9. The number of nitriles is 1. The summed E-state index contributed by atoms with van der Waals surface area (Å²) >= 11 is 1.50. The number of aryl methyl sites for hydroxylation is 1. The number of nitrogens with one attached hydrogen (secondary N) is 2. The van der Waals surface area contributed by atoms with Gasteiger partial charge in [-0.05, 0) is 54.2 Å². The third kappa shape index (κ3) is 4.84. The summed E-state index contributed by atoms with van der Waals surface area (Å²) in [5.41, 5.74) is 10.2. The molecule has 5 N–H and O–H groups in total. The molecule has 8 aliphatic heterocycles. The van der Waals surface area contributed by atoms with Gasteiger partial charge >= 0.3 is 11.9 Å². The topological polar surface area (TPSA) is 187 Å². The summed E-state index contributed by atoms with van der Waals surface area (Å²) in [7, 11) is 3.07. The maximum Gasteiger partial charge on any atom is 0.331 e. The predicted octanol–water partition coefficient (Wildman–Crippen LogP) is 4.08. The molecule has 1 spiro atoms. The molecule has 3 aromatic carbocycles. The highest BCUT2D eigenvalue weighted by Crippen LogP contribution is 2.64. The van der Waals surface area contributed by atoms with Crippen LogP contribution in [0.4, 0.5) is 5.69 Å². The van der Waals surface area contributed by atoms with Crippen LogP contribution in [0.3, 0.4) is 0 Å². The van der Waals surface area contributed by atoms with Crippen molar-refractivity contribution in [3.05, 3.63) is 62.7 Å². The fraction of sp³-hybridized carbons (Fsp3) is 0.475. The highest BCUT2D eigenvalue weighted by molar-refractivity contribution is 7.99. The third-order valence-electron chi connectivity index (χ3n) is 12.4. The molecule has 8 heterocycles. The minimum atomic E-state index is -1.33. The molecule has 8 atom stereocenters. The number of phenols is 1. The number of carbonyl (C=O) groups excluding carboxylic acids is 2. The zero-order valence-electron chi connectivity index (χ0n) is 31.5. The molecule has 15 heteroatoms. The van der Waals surface area contributed by atoms with Gasteiger partial charge in [0, 0.05) is 60.5 Å². The Balaban J connectivity index is 1.33. The number of nitrogens with two attached hydrogens (primary N) is 1. The van der Waals surface area contributed by atoms with Crippen LogP contribution in [0.15, 0.2) is 18.2 Å². The number of benzene rings is 3. The highest BCUT2D eigenvalue weighted by Gasteiger charge is 2.63. The lowest BCUT2D eigenvalue weighted by Gasteiger charge is -2.58. The van der Waals surface area contributed by atoms with E-state index in [0.29, 0.717) is 68.8 Å². The number of hydrogen-bond donors (Lipinski definition) is 4. The SMILES string of the molecule is COc1cc2c(cc1N)[C@@H](C)CN[C@]21CS[C@@H]2c3c(OC(C)=O)c(C)c4c(c3[C@H](COC1=O)N1[C@@H]2[C@@H]2NC[C@]1(C#N)Cc1cc(C)c(OC)c(O)c12)OCO4. The fourth-order valence-electron chi connectivity index (χ4n) is 10.1. The van der Waals surface area contributed by atoms with Gasteiger partial charge in [-0.1, -0.05) is 13.0 Å². The Bertz CT molecular complexity index is 2240. The number of rotatable bonds is 3. The molecule has 1 unspecified atom stereocenters. The summed E-state index contributed by atoms with van der Waals surface area (Å²) in [6.45, 7) is 7.66. The summed E-state index contributed by atoms with van der Waals surface area (Å²) < 4.78 is 36.3. The lowest BCUT2D eigenvalue weighted by atomic mass is 9.76. The number of aromatic hydroxyl groups is 1. The third-order valence-corrected chi connectivity index (χ3v) is 13.9. The van der Waals surface area contributed by atoms with Crippen LogP contribution in [-0.2, 0) is 26.3 Å². The molecule has 14 nitrogen and oxygen atoms in total. The van der Waals surface area contributed by atoms with Gasteiger partial charge in [0.15, 0.2) is 28.5 Å². The second kappa shape index (κ2) is 12.6. The molecule has 2 saturated heterocycles. The molecular formula is C40H43N5O9S. The van der Waals surface area contributed by atoms with Crippen molar-refractivity contribution < 1.29 is 43.1 Å². The molecule has 0 aliphatic carbocycles. The zero-order chi connectivity index (χ0) is 38.7. The van der Waals surface area contributed by atoms with Crippen LogP contribution in [0.2, 0.25) is 0 Å². The Morgan fingerprint density at radius 1 is 1.11 bits per heavy atom. The number of piperazine rings is 1. The first-order valence-electron chi connectivity index (χ1n) is 18.4. The molecule has 2 fully saturated rings. The zero-order valence-corrected chi connectivity index (χ0v) is 32.3. The van der Waals surface area contributed by atoms with Crippen molar-refractivity contribution in [2.75, 3.05) is 52.2 Å². The van der Waals surface area contributed by atoms with Gasteiger partial charge in [-0.3, -0.25) is 15.0 Å². The molecular weight excluding hydrogens is 727 g/mol. The molecule has 288 valence electrons. The van der Waals surface area contributed by atoms with E-state index in [1.54, 1.807) is 7.11 Å². The molecule has 0 amide bonds. The lowest BCUT2D eigenvalue weighted by Crippen LogP contribution is -2.69. The van der Waals surface area contributed by atoms with Gasteiger partial charge in [0.1, 0.15) is 23.6 Å². The Morgan fingerprint density at radius 2 is 1.89 bits per heavy atom. The van der Waals surface area contributed by atoms with Gasteiger partial charge in [0.2, 0.25) is 6.79 Å². The molecule has 8 aliphatic rings. The average molecular weight is 770 g/mol. The van der Waals surface area contributed by atoms with Gasteiger partial charge in [-0.2, -0.15) is 5.26 Å². The first-order chi connectivity index (χ1) is 26.4. The van der Waals surface area contributed by atoms with Gasteiger partial charge in [-0.25, -0.2) is 4.79 Å². The first-order valence-corrected chi connectivity index (χ1v) is 19.4. The van der Waals surface area contributed by atoms with Gasteiger partial charge < -0.3 is 44.6 Å². The number of methoxy groups -OCH3 is 2. The molecule has 3 aromatic rings. The van der Waals surface area contributed by atoms with Crippen molar-refractivity contribution in [1.29, 1.82) is 5.26 Å². The molecule has 0 radical (unpaired) electrons. The number of ether oxygens (including phenoxy) is 6. The summed E-state index contributed by atoms with van der Waals surface area (Å²) in [4.78, 5) is 30.0. The number of fused-ring (bicyclic) bond motifs is 6. The number of anilines is 1. The second-order valence-electron chi connectivity index (χ2n) is 15.4. The van der Waals surface area contributed by atoms with Crippen molar-refractivity contribution in [1.82, 2.24) is 15.5 Å². The maximum absolute atomic E-state index is 14.9. The Labute approximate surface area is 322 Å². The van der Waals surface area contributed by atoms with Gasteiger partial charge in [0.25, 0.3) is 0 Å². The summed E-state index contributed by atoms with van der Waals surface area (Å²) in [6.07, 6.45) is 0.272. The van der Waals surface area contributed by atoms with Gasteiger partial charge in [0.05, 0.1) is 43.3 Å². The highest BCUT2D eigenvalue weighted by atomic mass is 32.2. The van der Waals surface area contributed by atoms with E-state index >= 15 is 0 Å². The molecule has 0 aromatic heterocycles. The van der Waals surface area contributed by atoms with Crippen molar-refractivity contribution in [2.24, 2.45) is 0 Å². The Kier molecular flexibility index (Phi) is 8.18. The smallest absolute Gasteiger partial charge is 0.331 e. The van der Waals surface area contributed by atoms with Crippen molar-refractivity contribution >= 4 is 29.4 Å². The molecule has 0 saturated carbocycles. The number of esters is 2. The monoisotopic (exact) mass is 769 g/mol. The van der Waals surface area contributed by atoms with E-state index in [4.69, 9.17) is 34.2 Å².